The Morgan fingerprint density at radius 2 is 2.09 bits per heavy atom. The second kappa shape index (κ2) is 8.24. The molecule has 1 saturated heterocycles. The predicted octanol–water partition coefficient (Wildman–Crippen LogP) is 2.57. The molecule has 8 heteroatoms. The van der Waals surface area contributed by atoms with Gasteiger partial charge in [0.25, 0.3) is 0 Å². The molecule has 3 amide bonds. The minimum absolute atomic E-state index is 0.0292. The molecule has 0 radical (unpaired) electrons. The number of carbonyl (C=O) groups is 2. The second-order valence-corrected chi connectivity index (χ2v) is 6.88. The number of hydrogen-bond donors (Lipinski definition) is 2. The number of hydrogen-bond acceptors (Lipinski definition) is 5. The normalized spacial score (nSPS) is 18.1. The zero-order valence-electron chi connectivity index (χ0n) is 14.0. The molecule has 0 spiro atoms. The second-order valence-electron chi connectivity index (χ2n) is 5.87. The van der Waals surface area contributed by atoms with Crippen LogP contribution in [0.15, 0.2) is 0 Å². The van der Waals surface area contributed by atoms with Crippen molar-refractivity contribution in [2.24, 2.45) is 0 Å². The topological polar surface area (TPSA) is 87.2 Å². The number of nitrogens with zero attached hydrogens (tertiary/aromatic N) is 3. The summed E-state index contributed by atoms with van der Waals surface area (Å²) >= 11 is 1.44. The molecule has 1 fully saturated rings. The average Bonchev–Trinajstić information content (AvgIpc) is 2.96. The van der Waals surface area contributed by atoms with Crippen LogP contribution >= 0.6 is 11.3 Å². The van der Waals surface area contributed by atoms with Gasteiger partial charge in [-0.2, -0.15) is 0 Å². The van der Waals surface area contributed by atoms with Crippen molar-refractivity contribution in [3.05, 3.63) is 5.01 Å². The number of amides is 3. The first kappa shape index (κ1) is 17.7. The van der Waals surface area contributed by atoms with E-state index in [4.69, 9.17) is 0 Å². The Morgan fingerprint density at radius 3 is 2.74 bits per heavy atom. The van der Waals surface area contributed by atoms with Crippen LogP contribution in [0.1, 0.15) is 57.4 Å². The molecule has 1 aliphatic rings. The Labute approximate surface area is 140 Å². The lowest BCUT2D eigenvalue weighted by molar-refractivity contribution is -0.119. The van der Waals surface area contributed by atoms with E-state index in [-0.39, 0.29) is 18.0 Å². The van der Waals surface area contributed by atoms with Gasteiger partial charge in [0.05, 0.1) is 0 Å². The van der Waals surface area contributed by atoms with E-state index < -0.39 is 0 Å². The van der Waals surface area contributed by atoms with Gasteiger partial charge in [-0.1, -0.05) is 25.2 Å². The van der Waals surface area contributed by atoms with Crippen LogP contribution in [0.2, 0.25) is 0 Å². The van der Waals surface area contributed by atoms with Crippen LogP contribution in [-0.4, -0.2) is 46.2 Å². The first-order valence-corrected chi connectivity index (χ1v) is 9.01. The van der Waals surface area contributed by atoms with Gasteiger partial charge in [-0.05, 0) is 25.7 Å². The van der Waals surface area contributed by atoms with Crippen LogP contribution < -0.4 is 10.6 Å². The zero-order valence-corrected chi connectivity index (χ0v) is 14.8. The summed E-state index contributed by atoms with van der Waals surface area (Å²) in [4.78, 5) is 25.2. The van der Waals surface area contributed by atoms with Crippen LogP contribution in [0.25, 0.3) is 0 Å². The molecule has 128 valence electrons. The molecule has 1 aliphatic heterocycles. The monoisotopic (exact) mass is 339 g/mol. The van der Waals surface area contributed by atoms with Crippen molar-refractivity contribution < 1.29 is 9.59 Å². The Bertz CT molecular complexity index is 544. The van der Waals surface area contributed by atoms with E-state index in [0.29, 0.717) is 24.1 Å². The summed E-state index contributed by atoms with van der Waals surface area (Å²) in [6, 6.07) is -0.145. The molecule has 0 aliphatic carbocycles. The van der Waals surface area contributed by atoms with Crippen LogP contribution in [0.3, 0.4) is 0 Å². The fraction of sp³-hybridized carbons (Fsp3) is 0.733. The van der Waals surface area contributed by atoms with Crippen molar-refractivity contribution in [1.82, 2.24) is 20.4 Å². The van der Waals surface area contributed by atoms with Crippen molar-refractivity contribution in [2.75, 3.05) is 18.4 Å². The maximum atomic E-state index is 12.4. The summed E-state index contributed by atoms with van der Waals surface area (Å²) in [6.45, 7) is 6.98. The lowest BCUT2D eigenvalue weighted by Gasteiger charge is -2.32. The van der Waals surface area contributed by atoms with Gasteiger partial charge in [-0.3, -0.25) is 10.1 Å². The molecule has 0 aromatic carbocycles. The van der Waals surface area contributed by atoms with E-state index in [1.165, 1.54) is 18.3 Å². The van der Waals surface area contributed by atoms with E-state index in [1.807, 2.05) is 0 Å². The molecule has 0 saturated carbocycles. The number of rotatable bonds is 5. The number of nitrogens with one attached hydrogen (secondary N) is 2. The molecule has 2 rings (SSSR count). The van der Waals surface area contributed by atoms with Gasteiger partial charge < -0.3 is 10.2 Å². The lowest BCUT2D eigenvalue weighted by atomic mass is 10.1. The molecule has 7 nitrogen and oxygen atoms in total. The highest BCUT2D eigenvalue weighted by atomic mass is 32.1. The van der Waals surface area contributed by atoms with Crippen LogP contribution in [0.4, 0.5) is 9.93 Å². The fourth-order valence-corrected chi connectivity index (χ4v) is 3.83. The predicted molar refractivity (Wildman–Crippen MR) is 90.7 cm³/mol. The fourth-order valence-electron chi connectivity index (χ4n) is 2.83. The van der Waals surface area contributed by atoms with Gasteiger partial charge in [0.2, 0.25) is 11.0 Å². The Kier molecular flexibility index (Phi) is 6.32. The summed E-state index contributed by atoms with van der Waals surface area (Å²) in [5.41, 5.74) is 0. The van der Waals surface area contributed by atoms with E-state index >= 15 is 0 Å². The largest absolute Gasteiger partial charge is 0.352 e. The highest BCUT2D eigenvalue weighted by Crippen LogP contribution is 2.28. The number of anilines is 1. The van der Waals surface area contributed by atoms with Gasteiger partial charge in [-0.15, -0.1) is 10.2 Å². The summed E-state index contributed by atoms with van der Waals surface area (Å²) in [7, 11) is 0. The SMILES string of the molecule is CCC(CC)c1nnc(NC(=O)N2CCCC(NC(C)=O)C2)s1. The van der Waals surface area contributed by atoms with E-state index in [0.717, 1.165) is 30.7 Å². The van der Waals surface area contributed by atoms with Crippen molar-refractivity contribution >= 4 is 28.4 Å². The van der Waals surface area contributed by atoms with Crippen molar-refractivity contribution in [1.29, 1.82) is 0 Å². The maximum absolute atomic E-state index is 12.4. The quantitative estimate of drug-likeness (QED) is 0.863. The minimum Gasteiger partial charge on any atom is -0.352 e. The lowest BCUT2D eigenvalue weighted by Crippen LogP contribution is -2.50. The number of urea groups is 1. The average molecular weight is 339 g/mol. The third kappa shape index (κ3) is 4.89. The summed E-state index contributed by atoms with van der Waals surface area (Å²) in [5, 5.41) is 15.5. The molecule has 1 aromatic heterocycles. The Morgan fingerprint density at radius 1 is 1.35 bits per heavy atom. The van der Waals surface area contributed by atoms with E-state index in [1.54, 1.807) is 4.90 Å². The third-order valence-electron chi connectivity index (χ3n) is 4.11. The Balaban J connectivity index is 1.92. The standard InChI is InChI=1S/C15H25N5O2S/c1-4-11(5-2)13-18-19-14(23-13)17-15(22)20-8-6-7-12(9-20)16-10(3)21/h11-12H,4-9H2,1-3H3,(H,16,21)(H,17,19,22). The molecule has 2 heterocycles. The van der Waals surface area contributed by atoms with Crippen LogP contribution in [-0.2, 0) is 4.79 Å². The van der Waals surface area contributed by atoms with E-state index in [9.17, 15) is 9.59 Å². The molecule has 2 N–H and O–H groups in total. The molecule has 0 bridgehead atoms. The van der Waals surface area contributed by atoms with Gasteiger partial charge >= 0.3 is 6.03 Å². The first-order chi connectivity index (χ1) is 11.0. The first-order valence-electron chi connectivity index (χ1n) is 8.19. The Hall–Kier alpha value is -1.70. The van der Waals surface area contributed by atoms with Crippen LogP contribution in [0, 0.1) is 0 Å². The van der Waals surface area contributed by atoms with Crippen LogP contribution in [0.5, 0.6) is 0 Å². The summed E-state index contributed by atoms with van der Waals surface area (Å²) in [6.07, 6.45) is 3.82. The highest BCUT2D eigenvalue weighted by molar-refractivity contribution is 7.15. The van der Waals surface area contributed by atoms with Gasteiger partial charge in [0.1, 0.15) is 5.01 Å². The van der Waals surface area contributed by atoms with Crippen molar-refractivity contribution in [3.8, 4) is 0 Å². The number of piperidine rings is 1. The van der Waals surface area contributed by atoms with E-state index in [2.05, 4.69) is 34.7 Å². The molecule has 23 heavy (non-hydrogen) atoms. The minimum atomic E-state index is -0.174. The molecule has 1 unspecified atom stereocenters. The van der Waals surface area contributed by atoms with Gasteiger partial charge in [0.15, 0.2) is 0 Å². The third-order valence-corrected chi connectivity index (χ3v) is 5.11. The summed E-state index contributed by atoms with van der Waals surface area (Å²) < 4.78 is 0. The molecular weight excluding hydrogens is 314 g/mol. The number of carbonyl (C=O) groups excluding carboxylic acids is 2. The summed E-state index contributed by atoms with van der Waals surface area (Å²) in [5.74, 6) is 0.341. The van der Waals surface area contributed by atoms with Gasteiger partial charge in [0, 0.05) is 32.0 Å². The maximum Gasteiger partial charge on any atom is 0.323 e. The zero-order chi connectivity index (χ0) is 16.8. The number of aromatic nitrogens is 2. The number of likely N-dealkylation sites (tertiary alicyclic amines) is 1. The van der Waals surface area contributed by atoms with Gasteiger partial charge in [-0.25, -0.2) is 4.79 Å². The smallest absolute Gasteiger partial charge is 0.323 e. The molecule has 1 atom stereocenters. The molecule has 1 aromatic rings. The van der Waals surface area contributed by atoms with Crippen molar-refractivity contribution in [3.63, 3.8) is 0 Å². The molecular formula is C15H25N5O2S. The highest BCUT2D eigenvalue weighted by Gasteiger charge is 2.25. The van der Waals surface area contributed by atoms with Crippen molar-refractivity contribution in [2.45, 2.75) is 58.4 Å².